The molecular formula is C19H16F2N4O3. The maximum atomic E-state index is 13.0. The molecule has 7 nitrogen and oxygen atoms in total. The number of halogens is 2. The second-order valence-corrected chi connectivity index (χ2v) is 6.14. The van der Waals surface area contributed by atoms with E-state index in [1.54, 1.807) is 18.2 Å². The van der Waals surface area contributed by atoms with E-state index < -0.39 is 11.8 Å². The zero-order chi connectivity index (χ0) is 19.7. The van der Waals surface area contributed by atoms with E-state index in [-0.39, 0.29) is 31.2 Å². The number of nitrogens with one attached hydrogen (secondary N) is 1. The number of hydrogen-bond acceptors (Lipinski definition) is 5. The number of fused-ring (bicyclic) bond motifs is 1. The minimum atomic E-state index is -1.86. The molecule has 0 saturated heterocycles. The van der Waals surface area contributed by atoms with Gasteiger partial charge in [-0.15, -0.1) is 0 Å². The number of ether oxygens (including phenoxy) is 2. The standard InChI is InChI=1S/C19H16F2N4O3/c20-18(21)13(9-22)8-17-23-24-19(26)25(17)14-3-1-2-11(6-14)12-4-5-15-16(7-12)28-10-27-15/h1-7H,8-10,22H2,(H,24,26). The van der Waals surface area contributed by atoms with Crippen molar-refractivity contribution < 1.29 is 18.3 Å². The van der Waals surface area contributed by atoms with Gasteiger partial charge >= 0.3 is 5.69 Å². The zero-order valence-electron chi connectivity index (χ0n) is 14.6. The number of nitrogens with two attached hydrogens (primary N) is 1. The average molecular weight is 386 g/mol. The smallest absolute Gasteiger partial charge is 0.347 e. The molecule has 3 aromatic rings. The lowest BCUT2D eigenvalue weighted by atomic mass is 10.0. The molecule has 1 aromatic heterocycles. The fourth-order valence-electron chi connectivity index (χ4n) is 3.02. The molecule has 0 spiro atoms. The van der Waals surface area contributed by atoms with Crippen LogP contribution >= 0.6 is 0 Å². The van der Waals surface area contributed by atoms with E-state index in [4.69, 9.17) is 15.2 Å². The van der Waals surface area contributed by atoms with Gasteiger partial charge in [0.25, 0.3) is 6.08 Å². The van der Waals surface area contributed by atoms with Crippen LogP contribution in [-0.2, 0) is 6.42 Å². The molecule has 0 amide bonds. The van der Waals surface area contributed by atoms with Crippen molar-refractivity contribution in [1.29, 1.82) is 0 Å². The van der Waals surface area contributed by atoms with Gasteiger partial charge in [-0.1, -0.05) is 18.2 Å². The summed E-state index contributed by atoms with van der Waals surface area (Å²) in [6.07, 6.45) is -2.09. The number of H-pyrrole nitrogens is 1. The third kappa shape index (κ3) is 3.27. The number of hydrogen-bond donors (Lipinski definition) is 2. The Morgan fingerprint density at radius 3 is 2.71 bits per heavy atom. The summed E-state index contributed by atoms with van der Waals surface area (Å²) < 4.78 is 37.9. The van der Waals surface area contributed by atoms with Gasteiger partial charge in [-0.05, 0) is 35.4 Å². The van der Waals surface area contributed by atoms with Crippen molar-refractivity contribution in [2.75, 3.05) is 13.3 Å². The van der Waals surface area contributed by atoms with Gasteiger partial charge in [-0.3, -0.25) is 0 Å². The Hall–Kier alpha value is -3.46. The highest BCUT2D eigenvalue weighted by Crippen LogP contribution is 2.36. The van der Waals surface area contributed by atoms with Crippen molar-refractivity contribution >= 4 is 0 Å². The van der Waals surface area contributed by atoms with Crippen LogP contribution in [0.2, 0.25) is 0 Å². The molecule has 3 N–H and O–H groups in total. The normalized spacial score (nSPS) is 12.2. The van der Waals surface area contributed by atoms with Crippen LogP contribution in [0.5, 0.6) is 11.5 Å². The second-order valence-electron chi connectivity index (χ2n) is 6.14. The maximum absolute atomic E-state index is 13.0. The fourth-order valence-corrected chi connectivity index (χ4v) is 3.02. The molecule has 0 radical (unpaired) electrons. The summed E-state index contributed by atoms with van der Waals surface area (Å²) in [4.78, 5) is 12.3. The van der Waals surface area contributed by atoms with Crippen LogP contribution in [-0.4, -0.2) is 28.1 Å². The highest BCUT2D eigenvalue weighted by atomic mass is 19.3. The third-order valence-corrected chi connectivity index (χ3v) is 4.44. The minimum absolute atomic E-state index is 0.154. The molecule has 1 aliphatic rings. The summed E-state index contributed by atoms with van der Waals surface area (Å²) in [5.74, 6) is 1.46. The molecule has 144 valence electrons. The summed E-state index contributed by atoms with van der Waals surface area (Å²) in [5, 5.41) is 6.19. The number of aromatic amines is 1. The van der Waals surface area contributed by atoms with Gasteiger partial charge in [-0.2, -0.15) is 13.9 Å². The molecule has 0 aliphatic carbocycles. The lowest BCUT2D eigenvalue weighted by Crippen LogP contribution is -2.18. The molecule has 0 atom stereocenters. The molecule has 2 aromatic carbocycles. The van der Waals surface area contributed by atoms with E-state index in [1.165, 1.54) is 4.57 Å². The lowest BCUT2D eigenvalue weighted by Gasteiger charge is -2.09. The Morgan fingerprint density at radius 1 is 1.14 bits per heavy atom. The van der Waals surface area contributed by atoms with Crippen molar-refractivity contribution in [3.8, 4) is 28.3 Å². The molecule has 1 aliphatic heterocycles. The lowest BCUT2D eigenvalue weighted by molar-refractivity contribution is 0.174. The van der Waals surface area contributed by atoms with Gasteiger partial charge in [0.05, 0.1) is 5.69 Å². The molecule has 0 bridgehead atoms. The first-order valence-corrected chi connectivity index (χ1v) is 8.46. The number of rotatable bonds is 5. The molecule has 2 heterocycles. The van der Waals surface area contributed by atoms with E-state index in [1.807, 2.05) is 24.3 Å². The van der Waals surface area contributed by atoms with E-state index in [0.717, 1.165) is 11.1 Å². The third-order valence-electron chi connectivity index (χ3n) is 4.44. The number of nitrogens with zero attached hydrogens (tertiary/aromatic N) is 2. The van der Waals surface area contributed by atoms with Gasteiger partial charge in [0.15, 0.2) is 11.5 Å². The van der Waals surface area contributed by atoms with Crippen LogP contribution in [0, 0.1) is 0 Å². The summed E-state index contributed by atoms with van der Waals surface area (Å²) >= 11 is 0. The number of benzene rings is 2. The Kier molecular flexibility index (Phi) is 4.66. The predicted molar refractivity (Wildman–Crippen MR) is 97.7 cm³/mol. The quantitative estimate of drug-likeness (QED) is 0.703. The van der Waals surface area contributed by atoms with Crippen molar-refractivity contribution in [1.82, 2.24) is 14.8 Å². The van der Waals surface area contributed by atoms with Crippen molar-refractivity contribution in [2.45, 2.75) is 6.42 Å². The monoisotopic (exact) mass is 386 g/mol. The topological polar surface area (TPSA) is 95.2 Å². The highest BCUT2D eigenvalue weighted by Gasteiger charge is 2.17. The molecule has 0 unspecified atom stereocenters. The summed E-state index contributed by atoms with van der Waals surface area (Å²) in [6.45, 7) is -0.144. The Bertz CT molecular complexity index is 1120. The van der Waals surface area contributed by atoms with E-state index >= 15 is 0 Å². The van der Waals surface area contributed by atoms with Crippen LogP contribution in [0.3, 0.4) is 0 Å². The summed E-state index contributed by atoms with van der Waals surface area (Å²) in [5.41, 5.74) is 6.77. The first-order valence-electron chi connectivity index (χ1n) is 8.46. The van der Waals surface area contributed by atoms with Crippen molar-refractivity contribution in [2.24, 2.45) is 5.73 Å². The highest BCUT2D eigenvalue weighted by molar-refractivity contribution is 5.69. The van der Waals surface area contributed by atoms with Crippen LogP contribution in [0.15, 0.2) is 58.9 Å². The van der Waals surface area contributed by atoms with Crippen LogP contribution in [0.4, 0.5) is 8.78 Å². The molecule has 0 saturated carbocycles. The van der Waals surface area contributed by atoms with E-state index in [9.17, 15) is 13.6 Å². The second kappa shape index (κ2) is 7.28. The summed E-state index contributed by atoms with van der Waals surface area (Å²) in [6, 6.07) is 12.6. The summed E-state index contributed by atoms with van der Waals surface area (Å²) in [7, 11) is 0. The Morgan fingerprint density at radius 2 is 1.93 bits per heavy atom. The average Bonchev–Trinajstić information content (AvgIpc) is 3.31. The minimum Gasteiger partial charge on any atom is -0.454 e. The fraction of sp³-hybridized carbons (Fsp3) is 0.158. The van der Waals surface area contributed by atoms with Crippen molar-refractivity contribution in [3.63, 3.8) is 0 Å². The number of aromatic nitrogens is 3. The van der Waals surface area contributed by atoms with Gasteiger partial charge in [-0.25, -0.2) is 14.5 Å². The van der Waals surface area contributed by atoms with E-state index in [2.05, 4.69) is 10.2 Å². The Balaban J connectivity index is 1.74. The Labute approximate surface area is 158 Å². The van der Waals surface area contributed by atoms with Crippen LogP contribution in [0.1, 0.15) is 5.82 Å². The van der Waals surface area contributed by atoms with Crippen LogP contribution < -0.4 is 20.9 Å². The largest absolute Gasteiger partial charge is 0.454 e. The maximum Gasteiger partial charge on any atom is 0.347 e. The molecule has 9 heteroatoms. The van der Waals surface area contributed by atoms with Gasteiger partial charge in [0.2, 0.25) is 6.79 Å². The first kappa shape index (κ1) is 17.9. The van der Waals surface area contributed by atoms with Gasteiger partial charge < -0.3 is 15.2 Å². The zero-order valence-corrected chi connectivity index (χ0v) is 14.6. The molecule has 28 heavy (non-hydrogen) atoms. The van der Waals surface area contributed by atoms with Gasteiger partial charge in [0, 0.05) is 18.5 Å². The first-order chi connectivity index (χ1) is 13.6. The molecule has 4 rings (SSSR count). The van der Waals surface area contributed by atoms with Gasteiger partial charge in [0.1, 0.15) is 5.82 Å². The molecular weight excluding hydrogens is 370 g/mol. The van der Waals surface area contributed by atoms with Crippen molar-refractivity contribution in [3.05, 3.63) is 70.4 Å². The van der Waals surface area contributed by atoms with Crippen LogP contribution in [0.25, 0.3) is 16.8 Å². The van der Waals surface area contributed by atoms with E-state index in [0.29, 0.717) is 17.2 Å². The SMILES string of the molecule is NCC(Cc1n[nH]c(=O)n1-c1cccc(-c2ccc3c(c2)OCO3)c1)=C(F)F. The predicted octanol–water partition coefficient (Wildman–Crippen LogP) is 2.61. The molecule has 0 fully saturated rings.